The lowest BCUT2D eigenvalue weighted by molar-refractivity contribution is -0.384. The summed E-state index contributed by atoms with van der Waals surface area (Å²) in [7, 11) is 0. The number of non-ortho nitro benzene ring substituents is 1. The summed E-state index contributed by atoms with van der Waals surface area (Å²) in [6.45, 7) is 2.45. The predicted octanol–water partition coefficient (Wildman–Crippen LogP) is 3.99. The minimum absolute atomic E-state index is 0.0118. The summed E-state index contributed by atoms with van der Waals surface area (Å²) < 4.78 is 1.90. The van der Waals surface area contributed by atoms with Gasteiger partial charge >= 0.3 is 0 Å². The first-order valence-corrected chi connectivity index (χ1v) is 14.1. The van der Waals surface area contributed by atoms with E-state index in [0.717, 1.165) is 41.0 Å². The second-order valence-electron chi connectivity index (χ2n) is 11.8. The number of aromatic amines is 1. The molecule has 6 heterocycles. The molecule has 2 bridgehead atoms. The number of fused-ring (bicyclic) bond motifs is 11. The van der Waals surface area contributed by atoms with Crippen LogP contribution >= 0.6 is 0 Å². The van der Waals surface area contributed by atoms with Crippen LogP contribution in [0, 0.1) is 22.0 Å². The zero-order valence-corrected chi connectivity index (χ0v) is 22.0. The van der Waals surface area contributed by atoms with Crippen molar-refractivity contribution in [3.8, 4) is 0 Å². The number of rotatable bonds is 2. The van der Waals surface area contributed by atoms with E-state index in [1.807, 2.05) is 39.8 Å². The van der Waals surface area contributed by atoms with Gasteiger partial charge in [-0.15, -0.1) is 0 Å². The molecule has 0 saturated carbocycles. The Morgan fingerprint density at radius 1 is 1.05 bits per heavy atom. The maximum absolute atomic E-state index is 14.4. The van der Waals surface area contributed by atoms with Crippen LogP contribution in [-0.4, -0.2) is 44.4 Å². The molecule has 4 unspecified atom stereocenters. The molecule has 4 aliphatic heterocycles. The van der Waals surface area contributed by atoms with Crippen LogP contribution in [0.4, 0.5) is 11.4 Å². The van der Waals surface area contributed by atoms with Crippen molar-refractivity contribution in [2.75, 3.05) is 18.0 Å². The molecule has 0 radical (unpaired) electrons. The third-order valence-electron chi connectivity index (χ3n) is 9.71. The van der Waals surface area contributed by atoms with Crippen LogP contribution < -0.4 is 10.5 Å². The molecule has 8 rings (SSSR count). The molecular weight excluding hydrogens is 506 g/mol. The number of anilines is 1. The van der Waals surface area contributed by atoms with Gasteiger partial charge in [0.05, 0.1) is 17.4 Å². The van der Waals surface area contributed by atoms with Gasteiger partial charge in [0.25, 0.3) is 11.2 Å². The number of piperidine rings is 1. The molecule has 1 amide bonds. The third kappa shape index (κ3) is 3.39. The number of benzene rings is 2. The van der Waals surface area contributed by atoms with E-state index >= 15 is 0 Å². The van der Waals surface area contributed by atoms with Crippen LogP contribution in [0.2, 0.25) is 0 Å². The number of nitrogens with zero attached hydrogens (tertiary/aromatic N) is 4. The fourth-order valence-electron chi connectivity index (χ4n) is 8.05. The smallest absolute Gasteiger partial charge is 0.269 e. The lowest BCUT2D eigenvalue weighted by Gasteiger charge is -2.54. The van der Waals surface area contributed by atoms with Crippen LogP contribution in [0.1, 0.15) is 34.9 Å². The lowest BCUT2D eigenvalue weighted by Crippen LogP contribution is -2.61. The van der Waals surface area contributed by atoms with Gasteiger partial charge in [0.2, 0.25) is 5.91 Å². The van der Waals surface area contributed by atoms with Crippen LogP contribution in [-0.2, 0) is 30.7 Å². The summed E-state index contributed by atoms with van der Waals surface area (Å²) in [5.41, 5.74) is 6.42. The van der Waals surface area contributed by atoms with Crippen molar-refractivity contribution in [3.63, 3.8) is 0 Å². The number of carbonyl (C=O) groups excluding carboxylic acids is 1. The Bertz CT molecular complexity index is 1770. The minimum atomic E-state index is -0.362. The van der Waals surface area contributed by atoms with Gasteiger partial charge in [0.15, 0.2) is 0 Å². The standard InChI is InChI=1S/C31H29N5O4/c37-29-7-3-6-27-19-12-20(16-34(27)29)30-24(14-18-13-21(36(39)40)8-9-28(18)35(30)15-19)31(38)33-11-10-23-22-4-1-2-5-25(22)32-26(23)17-33/h1-9,13,19-20,24,30,32H,10-12,14-17H2. The molecule has 2 aromatic carbocycles. The first-order chi connectivity index (χ1) is 19.5. The Hall–Kier alpha value is -4.40. The zero-order chi connectivity index (χ0) is 27.1. The molecule has 0 aliphatic carbocycles. The Morgan fingerprint density at radius 3 is 2.80 bits per heavy atom. The van der Waals surface area contributed by atoms with E-state index in [-0.39, 0.29) is 45.9 Å². The third-order valence-corrected chi connectivity index (χ3v) is 9.71. The van der Waals surface area contributed by atoms with Crippen molar-refractivity contribution in [3.05, 3.63) is 104 Å². The molecular formula is C31H29N5O4. The highest BCUT2D eigenvalue weighted by molar-refractivity contribution is 5.87. The fourth-order valence-corrected chi connectivity index (χ4v) is 8.05. The quantitative estimate of drug-likeness (QED) is 0.309. The van der Waals surface area contributed by atoms with E-state index in [2.05, 4.69) is 22.0 Å². The number of nitrogens with one attached hydrogen (secondary N) is 1. The van der Waals surface area contributed by atoms with Crippen molar-refractivity contribution in [2.24, 2.45) is 11.8 Å². The molecule has 1 N–H and O–H groups in total. The van der Waals surface area contributed by atoms with E-state index < -0.39 is 0 Å². The second-order valence-corrected chi connectivity index (χ2v) is 11.8. The van der Waals surface area contributed by atoms with Gasteiger partial charge in [0, 0.05) is 77.8 Å². The van der Waals surface area contributed by atoms with Gasteiger partial charge in [-0.05, 0) is 54.5 Å². The number of hydrogen-bond acceptors (Lipinski definition) is 5. The van der Waals surface area contributed by atoms with Gasteiger partial charge in [-0.3, -0.25) is 19.7 Å². The van der Waals surface area contributed by atoms with Gasteiger partial charge in [-0.1, -0.05) is 24.3 Å². The average Bonchev–Trinajstić information content (AvgIpc) is 3.34. The van der Waals surface area contributed by atoms with Crippen LogP contribution in [0.15, 0.2) is 65.5 Å². The fraction of sp³-hybridized carbons (Fsp3) is 0.355. The van der Waals surface area contributed by atoms with Gasteiger partial charge < -0.3 is 19.4 Å². The van der Waals surface area contributed by atoms with Crippen molar-refractivity contribution in [2.45, 2.75) is 44.3 Å². The van der Waals surface area contributed by atoms with E-state index in [9.17, 15) is 19.7 Å². The highest BCUT2D eigenvalue weighted by atomic mass is 16.6. The number of nitro benzene ring substituents is 1. The van der Waals surface area contributed by atoms with Crippen LogP contribution in [0.5, 0.6) is 0 Å². The first-order valence-electron chi connectivity index (χ1n) is 14.1. The lowest BCUT2D eigenvalue weighted by atomic mass is 9.69. The van der Waals surface area contributed by atoms with Crippen LogP contribution in [0.3, 0.4) is 0 Å². The first kappa shape index (κ1) is 23.5. The van der Waals surface area contributed by atoms with Crippen LogP contribution in [0.25, 0.3) is 10.9 Å². The second kappa shape index (κ2) is 8.55. The van der Waals surface area contributed by atoms with Crippen molar-refractivity contribution >= 4 is 28.2 Å². The number of hydrogen-bond donors (Lipinski definition) is 1. The van der Waals surface area contributed by atoms with Gasteiger partial charge in [-0.2, -0.15) is 0 Å². The number of aromatic nitrogens is 2. The van der Waals surface area contributed by atoms with Crippen molar-refractivity contribution in [1.82, 2.24) is 14.5 Å². The van der Waals surface area contributed by atoms with Gasteiger partial charge in [-0.25, -0.2) is 0 Å². The Labute approximate surface area is 230 Å². The van der Waals surface area contributed by atoms with Gasteiger partial charge in [0.1, 0.15) is 0 Å². The Balaban J connectivity index is 1.19. The molecule has 202 valence electrons. The predicted molar refractivity (Wildman–Crippen MR) is 150 cm³/mol. The summed E-state index contributed by atoms with van der Waals surface area (Å²) in [5, 5.41) is 12.9. The minimum Gasteiger partial charge on any atom is -0.366 e. The monoisotopic (exact) mass is 535 g/mol. The summed E-state index contributed by atoms with van der Waals surface area (Å²) in [6.07, 6.45) is 2.19. The van der Waals surface area contributed by atoms with E-state index in [4.69, 9.17) is 0 Å². The maximum Gasteiger partial charge on any atom is 0.269 e. The number of pyridine rings is 1. The molecule has 4 aliphatic rings. The summed E-state index contributed by atoms with van der Waals surface area (Å²) in [4.78, 5) is 46.3. The summed E-state index contributed by atoms with van der Waals surface area (Å²) in [6, 6.07) is 18.8. The molecule has 4 aromatic rings. The normalized spacial score (nSPS) is 24.6. The highest BCUT2D eigenvalue weighted by Gasteiger charge is 2.50. The van der Waals surface area contributed by atoms with Crippen molar-refractivity contribution < 1.29 is 9.72 Å². The number of nitro groups is 1. The number of amides is 1. The number of para-hydroxylation sites is 1. The number of carbonyl (C=O) groups is 1. The van der Waals surface area contributed by atoms with E-state index in [1.54, 1.807) is 18.2 Å². The molecule has 1 fully saturated rings. The zero-order valence-electron chi connectivity index (χ0n) is 22.0. The molecule has 2 aromatic heterocycles. The molecule has 0 spiro atoms. The largest absolute Gasteiger partial charge is 0.366 e. The Kier molecular flexibility index (Phi) is 5.02. The molecule has 40 heavy (non-hydrogen) atoms. The summed E-state index contributed by atoms with van der Waals surface area (Å²) in [5.74, 6) is 0.0650. The molecule has 4 atom stereocenters. The summed E-state index contributed by atoms with van der Waals surface area (Å²) >= 11 is 0. The molecule has 9 heteroatoms. The highest BCUT2D eigenvalue weighted by Crippen LogP contribution is 2.48. The number of H-pyrrole nitrogens is 1. The van der Waals surface area contributed by atoms with Crippen molar-refractivity contribution in [1.29, 1.82) is 0 Å². The Morgan fingerprint density at radius 2 is 1.93 bits per heavy atom. The molecule has 9 nitrogen and oxygen atoms in total. The topological polar surface area (TPSA) is 104 Å². The molecule has 1 saturated heterocycles. The maximum atomic E-state index is 14.4. The average molecular weight is 536 g/mol. The van der Waals surface area contributed by atoms with E-state index in [0.29, 0.717) is 32.6 Å². The van der Waals surface area contributed by atoms with E-state index in [1.165, 1.54) is 10.9 Å². The SMILES string of the molecule is O=C(C1Cc2cc([N+](=O)[O-])ccc2N2CC3CC(Cn4c3cccc4=O)C12)N1CCc2c([nH]c3ccccc23)C1.